The summed E-state index contributed by atoms with van der Waals surface area (Å²) in [5.41, 5.74) is 2.33. The maximum Gasteiger partial charge on any atom is 0.339 e. The number of hydrogen-bond donors (Lipinski definition) is 1. The van der Waals surface area contributed by atoms with Crippen LogP contribution in [0, 0.1) is 0 Å². The number of imidazole rings is 1. The van der Waals surface area contributed by atoms with E-state index in [9.17, 15) is 9.90 Å². The van der Waals surface area contributed by atoms with Gasteiger partial charge in [0.1, 0.15) is 27.0 Å². The summed E-state index contributed by atoms with van der Waals surface area (Å²) in [5.74, 6) is -0.570. The van der Waals surface area contributed by atoms with Crippen LogP contribution in [0.2, 0.25) is 5.02 Å². The van der Waals surface area contributed by atoms with Gasteiger partial charge >= 0.3 is 5.97 Å². The summed E-state index contributed by atoms with van der Waals surface area (Å²) in [5, 5.41) is 17.1. The molecule has 0 aliphatic carbocycles. The van der Waals surface area contributed by atoms with Crippen LogP contribution in [-0.2, 0) is 0 Å². The molecule has 0 aliphatic heterocycles. The number of aromatic nitrogens is 4. The van der Waals surface area contributed by atoms with Gasteiger partial charge in [-0.15, -0.1) is 0 Å². The zero-order valence-electron chi connectivity index (χ0n) is 11.2. The van der Waals surface area contributed by atoms with E-state index in [4.69, 9.17) is 11.6 Å². The van der Waals surface area contributed by atoms with E-state index in [1.807, 2.05) is 6.07 Å². The van der Waals surface area contributed by atoms with E-state index < -0.39 is 5.97 Å². The molecule has 0 radical (unpaired) electrons. The van der Waals surface area contributed by atoms with E-state index in [2.05, 4.69) is 35.9 Å². The average molecular weight is 394 g/mol. The molecule has 0 fully saturated rings. The first-order valence-corrected chi connectivity index (χ1v) is 7.55. The Morgan fingerprint density at radius 1 is 1.26 bits per heavy atom. The van der Waals surface area contributed by atoms with Gasteiger partial charge in [-0.25, -0.2) is 14.4 Å². The molecular weight excluding hydrogens is 388 g/mol. The van der Waals surface area contributed by atoms with Crippen molar-refractivity contribution in [3.8, 4) is 11.4 Å². The van der Waals surface area contributed by atoms with E-state index in [-0.39, 0.29) is 10.6 Å². The fourth-order valence-electron chi connectivity index (χ4n) is 2.44. The van der Waals surface area contributed by atoms with Gasteiger partial charge in [0, 0.05) is 11.8 Å². The zero-order chi connectivity index (χ0) is 16.1. The molecule has 1 aromatic carbocycles. The maximum atomic E-state index is 11.5. The lowest BCUT2D eigenvalue weighted by molar-refractivity contribution is 0.0698. The maximum absolute atomic E-state index is 11.5. The van der Waals surface area contributed by atoms with Gasteiger partial charge in [0.2, 0.25) is 0 Å². The number of halogens is 2. The Bertz CT molecular complexity index is 1090. The molecule has 4 aromatic rings. The molecule has 0 bridgehead atoms. The van der Waals surface area contributed by atoms with Crippen molar-refractivity contribution >= 4 is 50.1 Å². The average Bonchev–Trinajstić information content (AvgIpc) is 3.11. The number of aromatic carboxylic acids is 1. The van der Waals surface area contributed by atoms with Crippen LogP contribution in [-0.4, -0.2) is 30.8 Å². The third-order valence-electron chi connectivity index (χ3n) is 3.44. The number of carboxylic acid groups (broad SMARTS) is 1. The van der Waals surface area contributed by atoms with Crippen molar-refractivity contribution in [3.05, 3.63) is 45.7 Å². The highest BCUT2D eigenvalue weighted by Gasteiger charge is 2.21. The monoisotopic (exact) mass is 392 g/mol. The third kappa shape index (κ3) is 2.10. The van der Waals surface area contributed by atoms with E-state index >= 15 is 0 Å². The lowest BCUT2D eigenvalue weighted by atomic mass is 10.2. The molecule has 0 saturated carbocycles. The minimum Gasteiger partial charge on any atom is -0.478 e. The van der Waals surface area contributed by atoms with Crippen molar-refractivity contribution in [2.45, 2.75) is 0 Å². The summed E-state index contributed by atoms with van der Waals surface area (Å²) in [7, 11) is 0. The van der Waals surface area contributed by atoms with Crippen molar-refractivity contribution in [2.24, 2.45) is 0 Å². The van der Waals surface area contributed by atoms with E-state index in [1.165, 1.54) is 6.07 Å². The smallest absolute Gasteiger partial charge is 0.339 e. The summed E-state index contributed by atoms with van der Waals surface area (Å²) in [4.78, 5) is 15.9. The molecule has 4 rings (SSSR count). The van der Waals surface area contributed by atoms with E-state index in [0.29, 0.717) is 27.0 Å². The lowest BCUT2D eigenvalue weighted by Gasteiger charge is -2.05. The number of benzene rings is 1. The molecule has 3 heterocycles. The Labute approximate surface area is 141 Å². The number of carboxylic acids is 1. The third-order valence-corrected chi connectivity index (χ3v) is 4.31. The first-order valence-electron chi connectivity index (χ1n) is 6.38. The van der Waals surface area contributed by atoms with Gasteiger partial charge in [0.05, 0.1) is 10.5 Å². The Morgan fingerprint density at radius 3 is 2.83 bits per heavy atom. The second kappa shape index (κ2) is 5.04. The van der Waals surface area contributed by atoms with Crippen LogP contribution >= 0.6 is 27.5 Å². The summed E-state index contributed by atoms with van der Waals surface area (Å²) >= 11 is 9.33. The SMILES string of the molecule is O=C(O)c1c(Cl)ccn2c(-c3ccc4nonc4c3)nc(Br)c12. The van der Waals surface area contributed by atoms with Crippen LogP contribution in [0.5, 0.6) is 0 Å². The van der Waals surface area contributed by atoms with Crippen LogP contribution in [0.1, 0.15) is 10.4 Å². The Kier molecular flexibility index (Phi) is 3.10. The van der Waals surface area contributed by atoms with Gasteiger partial charge in [-0.3, -0.25) is 4.40 Å². The second-order valence-electron chi connectivity index (χ2n) is 4.76. The summed E-state index contributed by atoms with van der Waals surface area (Å²) < 4.78 is 6.74. The molecule has 23 heavy (non-hydrogen) atoms. The minimum absolute atomic E-state index is 0.0102. The van der Waals surface area contributed by atoms with Gasteiger partial charge in [0.25, 0.3) is 0 Å². The fourth-order valence-corrected chi connectivity index (χ4v) is 3.22. The highest BCUT2D eigenvalue weighted by molar-refractivity contribution is 9.10. The first-order chi connectivity index (χ1) is 11.1. The van der Waals surface area contributed by atoms with E-state index in [1.54, 1.807) is 22.7 Å². The number of pyridine rings is 1. The predicted molar refractivity (Wildman–Crippen MR) is 85.7 cm³/mol. The molecule has 0 aliphatic rings. The predicted octanol–water partition coefficient (Wildman–Crippen LogP) is 3.65. The summed E-state index contributed by atoms with van der Waals surface area (Å²) in [6, 6.07) is 6.85. The van der Waals surface area contributed by atoms with Crippen molar-refractivity contribution in [1.29, 1.82) is 0 Å². The molecule has 7 nitrogen and oxygen atoms in total. The number of carbonyl (C=O) groups is 1. The molecule has 0 amide bonds. The lowest BCUT2D eigenvalue weighted by Crippen LogP contribution is -2.02. The van der Waals surface area contributed by atoms with Crippen LogP contribution < -0.4 is 0 Å². The molecule has 0 spiro atoms. The number of fused-ring (bicyclic) bond motifs is 2. The summed E-state index contributed by atoms with van der Waals surface area (Å²) in [6.45, 7) is 0. The van der Waals surface area contributed by atoms with Crippen LogP contribution in [0.3, 0.4) is 0 Å². The minimum atomic E-state index is -1.12. The van der Waals surface area contributed by atoms with Crippen molar-refractivity contribution < 1.29 is 14.5 Å². The highest BCUT2D eigenvalue weighted by Crippen LogP contribution is 2.32. The van der Waals surface area contributed by atoms with Crippen molar-refractivity contribution in [3.63, 3.8) is 0 Å². The topological polar surface area (TPSA) is 93.5 Å². The Balaban J connectivity index is 2.04. The van der Waals surface area contributed by atoms with Gasteiger partial charge in [0.15, 0.2) is 0 Å². The van der Waals surface area contributed by atoms with Crippen molar-refractivity contribution in [2.75, 3.05) is 0 Å². The molecule has 114 valence electrons. The van der Waals surface area contributed by atoms with Gasteiger partial charge < -0.3 is 5.11 Å². The van der Waals surface area contributed by atoms with E-state index in [0.717, 1.165) is 5.56 Å². The zero-order valence-corrected chi connectivity index (χ0v) is 13.5. The standard InChI is InChI=1S/C14H6BrClN4O3/c15-12-11-10(14(21)22)7(16)3-4-20(11)13(17-12)6-1-2-8-9(5-6)19-23-18-8/h1-5H,(H,21,22). The highest BCUT2D eigenvalue weighted by atomic mass is 79.9. The number of rotatable bonds is 2. The molecule has 0 saturated heterocycles. The van der Waals surface area contributed by atoms with Crippen molar-refractivity contribution in [1.82, 2.24) is 19.7 Å². The second-order valence-corrected chi connectivity index (χ2v) is 5.91. The molecule has 1 N–H and O–H groups in total. The van der Waals surface area contributed by atoms with Crippen LogP contribution in [0.25, 0.3) is 27.9 Å². The van der Waals surface area contributed by atoms with Gasteiger partial charge in [-0.05, 0) is 50.5 Å². The fraction of sp³-hybridized carbons (Fsp3) is 0. The van der Waals surface area contributed by atoms with Gasteiger partial charge in [-0.2, -0.15) is 0 Å². The number of nitrogens with zero attached hydrogens (tertiary/aromatic N) is 4. The summed E-state index contributed by atoms with van der Waals surface area (Å²) in [6.07, 6.45) is 1.67. The molecule has 3 aromatic heterocycles. The quantitative estimate of drug-likeness (QED) is 0.559. The number of hydrogen-bond acceptors (Lipinski definition) is 5. The molecular formula is C14H6BrClN4O3. The first kappa shape index (κ1) is 14.2. The Morgan fingerprint density at radius 2 is 2.04 bits per heavy atom. The largest absolute Gasteiger partial charge is 0.478 e. The molecule has 0 atom stereocenters. The molecule has 9 heteroatoms. The normalized spacial score (nSPS) is 11.4. The molecule has 0 unspecified atom stereocenters. The van der Waals surface area contributed by atoms with Crippen LogP contribution in [0.4, 0.5) is 0 Å². The van der Waals surface area contributed by atoms with Crippen LogP contribution in [0.15, 0.2) is 39.7 Å². The van der Waals surface area contributed by atoms with Gasteiger partial charge in [-0.1, -0.05) is 11.6 Å². The Hall–Kier alpha value is -2.45.